The number of anilines is 1. The van der Waals surface area contributed by atoms with E-state index in [1.54, 1.807) is 0 Å². The van der Waals surface area contributed by atoms with Gasteiger partial charge in [0.15, 0.2) is 0 Å². The number of sulfonamides is 1. The molecule has 1 N–H and O–H groups in total. The summed E-state index contributed by atoms with van der Waals surface area (Å²) in [6.07, 6.45) is 1.95. The maximum absolute atomic E-state index is 12.2. The van der Waals surface area contributed by atoms with E-state index in [-0.39, 0.29) is 12.5 Å². The molecular formula is C17H29N3O3S. The number of carbonyl (C=O) groups is 1. The molecule has 0 aliphatic rings. The molecule has 0 radical (unpaired) electrons. The highest BCUT2D eigenvalue weighted by Gasteiger charge is 2.24. The molecule has 0 aliphatic carbocycles. The lowest BCUT2D eigenvalue weighted by Crippen LogP contribution is -2.41. The SMILES string of the molecule is Cc1cc(C)c(N(CC(=O)NCCCN(C)C)S(C)(=O)=O)c(C)c1. The summed E-state index contributed by atoms with van der Waals surface area (Å²) < 4.78 is 25.6. The summed E-state index contributed by atoms with van der Waals surface area (Å²) in [6, 6.07) is 3.85. The largest absolute Gasteiger partial charge is 0.354 e. The van der Waals surface area contributed by atoms with Crippen molar-refractivity contribution in [3.05, 3.63) is 28.8 Å². The first-order chi connectivity index (χ1) is 11.0. The molecule has 0 aliphatic heterocycles. The Bertz CT molecular complexity index is 661. The summed E-state index contributed by atoms with van der Waals surface area (Å²) in [5, 5.41) is 2.79. The van der Waals surface area contributed by atoms with Gasteiger partial charge in [-0.3, -0.25) is 9.10 Å². The van der Waals surface area contributed by atoms with Gasteiger partial charge in [-0.05, 0) is 59.0 Å². The van der Waals surface area contributed by atoms with E-state index in [1.807, 2.05) is 51.9 Å². The van der Waals surface area contributed by atoms with Crippen LogP contribution in [0.25, 0.3) is 0 Å². The number of nitrogens with one attached hydrogen (secondary N) is 1. The minimum atomic E-state index is -3.55. The number of hydrogen-bond donors (Lipinski definition) is 1. The zero-order chi connectivity index (χ0) is 18.5. The first-order valence-corrected chi connectivity index (χ1v) is 9.84. The first kappa shape index (κ1) is 20.4. The van der Waals surface area contributed by atoms with E-state index in [0.29, 0.717) is 12.2 Å². The summed E-state index contributed by atoms with van der Waals surface area (Å²) in [4.78, 5) is 14.2. The number of amides is 1. The van der Waals surface area contributed by atoms with Gasteiger partial charge in [-0.15, -0.1) is 0 Å². The van der Waals surface area contributed by atoms with Crippen LogP contribution in [0.3, 0.4) is 0 Å². The van der Waals surface area contributed by atoms with Gasteiger partial charge in [0.05, 0.1) is 11.9 Å². The van der Waals surface area contributed by atoms with Gasteiger partial charge >= 0.3 is 0 Å². The Morgan fingerprint density at radius 2 is 1.67 bits per heavy atom. The molecule has 0 saturated heterocycles. The van der Waals surface area contributed by atoms with Crippen molar-refractivity contribution in [2.45, 2.75) is 27.2 Å². The van der Waals surface area contributed by atoms with Crippen LogP contribution in [0.15, 0.2) is 12.1 Å². The summed E-state index contributed by atoms with van der Waals surface area (Å²) in [5.74, 6) is -0.293. The summed E-state index contributed by atoms with van der Waals surface area (Å²) in [7, 11) is 0.386. The van der Waals surface area contributed by atoms with Crippen molar-refractivity contribution in [3.8, 4) is 0 Å². The highest BCUT2D eigenvalue weighted by molar-refractivity contribution is 7.92. The van der Waals surface area contributed by atoms with Crippen molar-refractivity contribution in [2.24, 2.45) is 0 Å². The Hall–Kier alpha value is -1.60. The van der Waals surface area contributed by atoms with Crippen molar-refractivity contribution >= 4 is 21.6 Å². The van der Waals surface area contributed by atoms with Crippen LogP contribution in [0.2, 0.25) is 0 Å². The van der Waals surface area contributed by atoms with Gasteiger partial charge in [-0.1, -0.05) is 17.7 Å². The van der Waals surface area contributed by atoms with Gasteiger partial charge in [0.25, 0.3) is 0 Å². The second-order valence-corrected chi connectivity index (χ2v) is 8.43. The highest BCUT2D eigenvalue weighted by Crippen LogP contribution is 2.28. The van der Waals surface area contributed by atoms with Gasteiger partial charge in [0, 0.05) is 6.54 Å². The number of hydrogen-bond acceptors (Lipinski definition) is 4. The van der Waals surface area contributed by atoms with Crippen LogP contribution in [0.5, 0.6) is 0 Å². The number of carbonyl (C=O) groups excluding carboxylic acids is 1. The zero-order valence-corrected chi connectivity index (χ0v) is 16.3. The molecule has 1 aromatic rings. The van der Waals surface area contributed by atoms with E-state index in [9.17, 15) is 13.2 Å². The fourth-order valence-electron chi connectivity index (χ4n) is 2.74. The predicted molar refractivity (Wildman–Crippen MR) is 99.0 cm³/mol. The molecule has 0 heterocycles. The molecule has 136 valence electrons. The second-order valence-electron chi connectivity index (χ2n) is 6.52. The third-order valence-electron chi connectivity index (χ3n) is 3.68. The van der Waals surface area contributed by atoms with Crippen LogP contribution in [0.1, 0.15) is 23.1 Å². The number of nitrogens with zero attached hydrogens (tertiary/aromatic N) is 2. The monoisotopic (exact) mass is 355 g/mol. The topological polar surface area (TPSA) is 69.7 Å². The van der Waals surface area contributed by atoms with Crippen LogP contribution in [-0.4, -0.2) is 59.2 Å². The first-order valence-electron chi connectivity index (χ1n) is 7.99. The van der Waals surface area contributed by atoms with Crippen molar-refractivity contribution in [2.75, 3.05) is 44.3 Å². The summed E-state index contributed by atoms with van der Waals surface area (Å²) >= 11 is 0. The summed E-state index contributed by atoms with van der Waals surface area (Å²) in [5.41, 5.74) is 3.35. The van der Waals surface area contributed by atoms with Gasteiger partial charge in [-0.2, -0.15) is 0 Å². The maximum Gasteiger partial charge on any atom is 0.240 e. The number of benzene rings is 1. The van der Waals surface area contributed by atoms with E-state index in [2.05, 4.69) is 5.32 Å². The molecule has 0 fully saturated rings. The number of aryl methyl sites for hydroxylation is 3. The van der Waals surface area contributed by atoms with Gasteiger partial charge < -0.3 is 10.2 Å². The van der Waals surface area contributed by atoms with Crippen LogP contribution >= 0.6 is 0 Å². The maximum atomic E-state index is 12.2. The van der Waals surface area contributed by atoms with E-state index in [0.717, 1.165) is 35.9 Å². The van der Waals surface area contributed by atoms with Crippen molar-refractivity contribution in [3.63, 3.8) is 0 Å². The molecule has 1 amide bonds. The normalized spacial score (nSPS) is 11.6. The minimum absolute atomic E-state index is 0.203. The lowest BCUT2D eigenvalue weighted by atomic mass is 10.1. The van der Waals surface area contributed by atoms with Crippen LogP contribution in [0, 0.1) is 20.8 Å². The van der Waals surface area contributed by atoms with Crippen LogP contribution < -0.4 is 9.62 Å². The standard InChI is InChI=1S/C17H29N3O3S/c1-13-10-14(2)17(15(3)11-13)20(24(6,22)23)12-16(21)18-8-7-9-19(4)5/h10-11H,7-9,12H2,1-6H3,(H,18,21). The van der Waals surface area contributed by atoms with E-state index < -0.39 is 10.0 Å². The minimum Gasteiger partial charge on any atom is -0.354 e. The third-order valence-corrected chi connectivity index (χ3v) is 4.79. The van der Waals surface area contributed by atoms with Crippen LogP contribution in [0.4, 0.5) is 5.69 Å². The predicted octanol–water partition coefficient (Wildman–Crippen LogP) is 1.45. The Balaban J connectivity index is 2.91. The van der Waals surface area contributed by atoms with E-state index in [1.165, 1.54) is 4.31 Å². The summed E-state index contributed by atoms with van der Waals surface area (Å²) in [6.45, 7) is 6.88. The van der Waals surface area contributed by atoms with E-state index >= 15 is 0 Å². The molecule has 6 nitrogen and oxygen atoms in total. The van der Waals surface area contributed by atoms with Gasteiger partial charge in [0.1, 0.15) is 6.54 Å². The lowest BCUT2D eigenvalue weighted by molar-refractivity contribution is -0.119. The molecule has 1 rings (SSSR count). The van der Waals surface area contributed by atoms with Gasteiger partial charge in [-0.25, -0.2) is 8.42 Å². The highest BCUT2D eigenvalue weighted by atomic mass is 32.2. The molecule has 7 heteroatoms. The van der Waals surface area contributed by atoms with Crippen molar-refractivity contribution < 1.29 is 13.2 Å². The number of rotatable bonds is 8. The second kappa shape index (κ2) is 8.48. The Morgan fingerprint density at radius 3 is 2.12 bits per heavy atom. The molecule has 0 aromatic heterocycles. The molecule has 0 spiro atoms. The fourth-order valence-corrected chi connectivity index (χ4v) is 3.71. The smallest absolute Gasteiger partial charge is 0.240 e. The molecule has 0 saturated carbocycles. The molecule has 0 unspecified atom stereocenters. The zero-order valence-electron chi connectivity index (χ0n) is 15.5. The molecule has 0 atom stereocenters. The average molecular weight is 356 g/mol. The quantitative estimate of drug-likeness (QED) is 0.717. The molecule has 0 bridgehead atoms. The Kier molecular flexibility index (Phi) is 7.23. The lowest BCUT2D eigenvalue weighted by Gasteiger charge is -2.26. The van der Waals surface area contributed by atoms with Crippen molar-refractivity contribution in [1.29, 1.82) is 0 Å². The fraction of sp³-hybridized carbons (Fsp3) is 0.588. The third kappa shape index (κ3) is 6.13. The average Bonchev–Trinajstić information content (AvgIpc) is 2.40. The molecular weight excluding hydrogens is 326 g/mol. The Labute approximate surface area is 145 Å². The van der Waals surface area contributed by atoms with E-state index in [4.69, 9.17) is 0 Å². The molecule has 1 aromatic carbocycles. The van der Waals surface area contributed by atoms with Gasteiger partial charge in [0.2, 0.25) is 15.9 Å². The van der Waals surface area contributed by atoms with Crippen molar-refractivity contribution in [1.82, 2.24) is 10.2 Å². The molecule has 24 heavy (non-hydrogen) atoms. The Morgan fingerprint density at radius 1 is 1.12 bits per heavy atom. The van der Waals surface area contributed by atoms with Crippen LogP contribution in [-0.2, 0) is 14.8 Å².